The Balaban J connectivity index is 1.71. The number of carbonyl (C=O) groups excluding carboxylic acids is 3. The number of benzene rings is 2. The van der Waals surface area contributed by atoms with E-state index in [2.05, 4.69) is 0 Å². The fraction of sp³-hybridized carbons (Fsp3) is 0.286. The van der Waals surface area contributed by atoms with Crippen molar-refractivity contribution in [3.05, 3.63) is 63.2 Å². The molecule has 2 aromatic carbocycles. The first-order chi connectivity index (χ1) is 15.4. The lowest BCUT2D eigenvalue weighted by Crippen LogP contribution is -2.33. The second kappa shape index (κ2) is 9.88. The molecule has 0 saturated heterocycles. The van der Waals surface area contributed by atoms with Gasteiger partial charge in [0.1, 0.15) is 18.8 Å². The van der Waals surface area contributed by atoms with Crippen molar-refractivity contribution in [2.24, 2.45) is 0 Å². The molecule has 0 radical (unpaired) electrons. The summed E-state index contributed by atoms with van der Waals surface area (Å²) in [6.45, 7) is -0.163. The molecule has 32 heavy (non-hydrogen) atoms. The van der Waals surface area contributed by atoms with Gasteiger partial charge in [-0.05, 0) is 12.1 Å². The van der Waals surface area contributed by atoms with Crippen molar-refractivity contribution in [1.29, 1.82) is 0 Å². The molecule has 0 atom stereocenters. The maximum Gasteiger partial charge on any atom is 0.345 e. The van der Waals surface area contributed by atoms with Crippen molar-refractivity contribution in [2.75, 3.05) is 40.6 Å². The van der Waals surface area contributed by atoms with Gasteiger partial charge in [-0.2, -0.15) is 0 Å². The number of esters is 1. The van der Waals surface area contributed by atoms with Gasteiger partial charge >= 0.3 is 5.97 Å². The third-order valence-corrected chi connectivity index (χ3v) is 4.67. The summed E-state index contributed by atoms with van der Waals surface area (Å²) in [5.41, 5.74) is -0.348. The Labute approximate surface area is 182 Å². The number of nitro groups is 1. The monoisotopic (exact) mass is 444 g/mol. The van der Waals surface area contributed by atoms with Crippen molar-refractivity contribution < 1.29 is 38.3 Å². The summed E-state index contributed by atoms with van der Waals surface area (Å²) in [6, 6.07) is 8.56. The lowest BCUT2D eigenvalue weighted by Gasteiger charge is -2.15. The van der Waals surface area contributed by atoms with Crippen LogP contribution in [0.5, 0.6) is 11.5 Å². The van der Waals surface area contributed by atoms with Crippen LogP contribution < -0.4 is 9.47 Å². The average Bonchev–Trinajstić information content (AvgIpc) is 3.03. The Morgan fingerprint density at radius 3 is 2.22 bits per heavy atom. The molecule has 168 valence electrons. The van der Waals surface area contributed by atoms with Crippen LogP contribution in [0.4, 0.5) is 5.69 Å². The van der Waals surface area contributed by atoms with Crippen molar-refractivity contribution in [2.45, 2.75) is 0 Å². The summed E-state index contributed by atoms with van der Waals surface area (Å²) in [7, 11) is 2.80. The van der Waals surface area contributed by atoms with Gasteiger partial charge in [0.15, 0.2) is 11.5 Å². The number of methoxy groups -OCH3 is 2. The van der Waals surface area contributed by atoms with E-state index in [0.717, 1.165) is 17.0 Å². The van der Waals surface area contributed by atoms with Crippen molar-refractivity contribution in [1.82, 2.24) is 4.90 Å². The molecule has 0 fully saturated rings. The van der Waals surface area contributed by atoms with Gasteiger partial charge in [-0.1, -0.05) is 12.1 Å². The van der Waals surface area contributed by atoms with E-state index in [0.29, 0.717) is 0 Å². The van der Waals surface area contributed by atoms with Crippen LogP contribution in [0.1, 0.15) is 31.1 Å². The summed E-state index contributed by atoms with van der Waals surface area (Å²) >= 11 is 0. The Kier molecular flexibility index (Phi) is 7.00. The first-order valence-electron chi connectivity index (χ1n) is 9.49. The van der Waals surface area contributed by atoms with Gasteiger partial charge in [0, 0.05) is 13.2 Å². The van der Waals surface area contributed by atoms with Crippen molar-refractivity contribution in [3.63, 3.8) is 0 Å². The molecule has 0 N–H and O–H groups in total. The highest BCUT2D eigenvalue weighted by molar-refractivity contribution is 6.21. The standard InChI is InChI=1S/C21H20N2O9/c1-29-9-10-31-18-12-16(23(27)28)15(11-17(18)30-2)21(26)32-8-7-22-19(24)13-5-3-4-6-14(13)20(22)25/h3-6,11-12H,7-10H2,1-2H3. The molecular weight excluding hydrogens is 424 g/mol. The van der Waals surface area contributed by atoms with E-state index >= 15 is 0 Å². The lowest BCUT2D eigenvalue weighted by atomic mass is 10.1. The minimum absolute atomic E-state index is 0.0684. The molecule has 0 spiro atoms. The maximum absolute atomic E-state index is 12.5. The minimum Gasteiger partial charge on any atom is -0.493 e. The molecule has 0 bridgehead atoms. The predicted octanol–water partition coefficient (Wildman–Crippen LogP) is 2.08. The SMILES string of the molecule is COCCOc1cc([N+](=O)[O-])c(C(=O)OCCN2C(=O)c3ccccc3C2=O)cc1OC. The van der Waals surface area contributed by atoms with Gasteiger partial charge in [0.2, 0.25) is 0 Å². The van der Waals surface area contributed by atoms with Gasteiger partial charge in [-0.15, -0.1) is 0 Å². The maximum atomic E-state index is 12.5. The number of nitrogens with zero attached hydrogens (tertiary/aromatic N) is 2. The zero-order valence-electron chi connectivity index (χ0n) is 17.4. The predicted molar refractivity (Wildman–Crippen MR) is 109 cm³/mol. The van der Waals surface area contributed by atoms with Crippen LogP contribution in [0.15, 0.2) is 36.4 Å². The van der Waals surface area contributed by atoms with Crippen LogP contribution in [-0.2, 0) is 9.47 Å². The number of fused-ring (bicyclic) bond motifs is 1. The van der Waals surface area contributed by atoms with Gasteiger partial charge in [-0.25, -0.2) is 4.79 Å². The van der Waals surface area contributed by atoms with Crippen molar-refractivity contribution >= 4 is 23.5 Å². The molecule has 11 heteroatoms. The van der Waals surface area contributed by atoms with E-state index in [1.807, 2.05) is 0 Å². The highest BCUT2D eigenvalue weighted by Gasteiger charge is 2.35. The molecule has 2 amide bonds. The number of hydrogen-bond donors (Lipinski definition) is 0. The first kappa shape index (κ1) is 22.7. The Morgan fingerprint density at radius 2 is 1.66 bits per heavy atom. The van der Waals surface area contributed by atoms with Crippen molar-refractivity contribution in [3.8, 4) is 11.5 Å². The topological polar surface area (TPSA) is 135 Å². The van der Waals surface area contributed by atoms with Gasteiger partial charge < -0.3 is 18.9 Å². The van der Waals surface area contributed by atoms with Crippen LogP contribution in [-0.4, -0.2) is 68.2 Å². The molecule has 1 heterocycles. The largest absolute Gasteiger partial charge is 0.493 e. The van der Waals surface area contributed by atoms with E-state index in [1.165, 1.54) is 26.4 Å². The molecule has 0 unspecified atom stereocenters. The second-order valence-electron chi connectivity index (χ2n) is 6.56. The molecule has 11 nitrogen and oxygen atoms in total. The number of rotatable bonds is 10. The van der Waals surface area contributed by atoms with E-state index in [9.17, 15) is 24.5 Å². The van der Waals surface area contributed by atoms with E-state index < -0.39 is 28.4 Å². The fourth-order valence-corrected chi connectivity index (χ4v) is 3.12. The van der Waals surface area contributed by atoms with Gasteiger partial charge in [-0.3, -0.25) is 24.6 Å². The number of carbonyl (C=O) groups is 3. The van der Waals surface area contributed by atoms with Gasteiger partial charge in [0.25, 0.3) is 17.5 Å². The molecule has 3 rings (SSSR count). The Bertz CT molecular complexity index is 1030. The van der Waals surface area contributed by atoms with Gasteiger partial charge in [0.05, 0.1) is 42.4 Å². The highest BCUT2D eigenvalue weighted by Crippen LogP contribution is 2.35. The van der Waals surface area contributed by atoms with E-state index in [1.54, 1.807) is 12.1 Å². The zero-order valence-corrected chi connectivity index (χ0v) is 17.4. The summed E-state index contributed by atoms with van der Waals surface area (Å²) in [5.74, 6) is -1.83. The highest BCUT2D eigenvalue weighted by atomic mass is 16.6. The molecule has 0 aromatic heterocycles. The van der Waals surface area contributed by atoms with Crippen LogP contribution in [0.2, 0.25) is 0 Å². The Hall–Kier alpha value is -3.99. The van der Waals surface area contributed by atoms with E-state index in [4.69, 9.17) is 18.9 Å². The molecule has 1 aliphatic heterocycles. The molecule has 0 saturated carbocycles. The summed E-state index contributed by atoms with van der Waals surface area (Å²) < 4.78 is 20.5. The molecule has 0 aliphatic carbocycles. The molecule has 1 aliphatic rings. The van der Waals surface area contributed by atoms with Crippen LogP contribution in [0.3, 0.4) is 0 Å². The fourth-order valence-electron chi connectivity index (χ4n) is 3.12. The normalized spacial score (nSPS) is 12.5. The number of nitro benzene ring substituents is 1. The van der Waals surface area contributed by atoms with Crippen LogP contribution >= 0.6 is 0 Å². The number of amides is 2. The van der Waals surface area contributed by atoms with E-state index in [-0.39, 0.29) is 54.6 Å². The van der Waals surface area contributed by atoms with Crippen LogP contribution in [0.25, 0.3) is 0 Å². The summed E-state index contributed by atoms with van der Waals surface area (Å²) in [6.07, 6.45) is 0. The Morgan fingerprint density at radius 1 is 1.00 bits per heavy atom. The molecular formula is C21H20N2O9. The van der Waals surface area contributed by atoms with Crippen LogP contribution in [0, 0.1) is 10.1 Å². The summed E-state index contributed by atoms with van der Waals surface area (Å²) in [4.78, 5) is 48.9. The quantitative estimate of drug-likeness (QED) is 0.177. The minimum atomic E-state index is -1.00. The third kappa shape index (κ3) is 4.52. The smallest absolute Gasteiger partial charge is 0.345 e. The molecule has 2 aromatic rings. The number of imide groups is 1. The third-order valence-electron chi connectivity index (χ3n) is 4.67. The summed E-state index contributed by atoms with van der Waals surface area (Å²) in [5, 5.41) is 11.5. The second-order valence-corrected chi connectivity index (χ2v) is 6.56. The zero-order chi connectivity index (χ0) is 23.3. The lowest BCUT2D eigenvalue weighted by molar-refractivity contribution is -0.385. The first-order valence-corrected chi connectivity index (χ1v) is 9.49. The average molecular weight is 444 g/mol. The number of ether oxygens (including phenoxy) is 4. The number of hydrogen-bond acceptors (Lipinski definition) is 9.